The molecule has 0 aromatic carbocycles. The predicted molar refractivity (Wildman–Crippen MR) is 96.1 cm³/mol. The first-order valence-electron chi connectivity index (χ1n) is 9.80. The summed E-state index contributed by atoms with van der Waals surface area (Å²) < 4.78 is 0. The number of aliphatic hydroxyl groups excluding tert-OH is 1. The molecule has 25 heavy (non-hydrogen) atoms. The summed E-state index contributed by atoms with van der Waals surface area (Å²) in [4.78, 5) is 30.5. The number of nitrogens with zero attached hydrogens (tertiary/aromatic N) is 3. The maximum Gasteiger partial charge on any atom is 0.319 e. The fourth-order valence-electron chi connectivity index (χ4n) is 4.55. The molecule has 0 spiro atoms. The quantitative estimate of drug-likeness (QED) is 0.840. The second-order valence-corrected chi connectivity index (χ2v) is 8.61. The Balaban J connectivity index is 1.55. The molecule has 2 heterocycles. The van der Waals surface area contributed by atoms with Gasteiger partial charge in [-0.25, -0.2) is 4.79 Å². The van der Waals surface area contributed by atoms with Crippen molar-refractivity contribution in [2.24, 2.45) is 17.3 Å². The fraction of sp³-hybridized carbons (Fsp3) is 0.895. The van der Waals surface area contributed by atoms with E-state index in [2.05, 4.69) is 0 Å². The number of carbonyl (C=O) groups is 2. The summed E-state index contributed by atoms with van der Waals surface area (Å²) in [5, 5.41) is 9.99. The van der Waals surface area contributed by atoms with Crippen LogP contribution in [0.15, 0.2) is 0 Å². The first kappa shape index (κ1) is 18.5. The minimum atomic E-state index is -0.0728. The highest BCUT2D eigenvalue weighted by molar-refractivity contribution is 5.80. The molecule has 6 heteroatoms. The van der Waals surface area contributed by atoms with Crippen LogP contribution in [0.25, 0.3) is 0 Å². The first-order chi connectivity index (χ1) is 11.9. The van der Waals surface area contributed by atoms with Crippen molar-refractivity contribution < 1.29 is 14.7 Å². The number of likely N-dealkylation sites (tertiary alicyclic amines) is 2. The molecule has 1 N–H and O–H groups in total. The van der Waals surface area contributed by atoms with Crippen molar-refractivity contribution >= 4 is 11.9 Å². The van der Waals surface area contributed by atoms with E-state index in [1.54, 1.807) is 19.0 Å². The van der Waals surface area contributed by atoms with Gasteiger partial charge in [0.1, 0.15) is 0 Å². The molecule has 1 atom stereocenters. The average Bonchev–Trinajstić information content (AvgIpc) is 3.44. The van der Waals surface area contributed by atoms with Crippen LogP contribution >= 0.6 is 0 Å². The summed E-state index contributed by atoms with van der Waals surface area (Å²) in [7, 11) is 3.53. The molecular weight excluding hydrogens is 318 g/mol. The summed E-state index contributed by atoms with van der Waals surface area (Å²) in [6.45, 7) is 3.06. The Hall–Kier alpha value is -1.30. The topological polar surface area (TPSA) is 64.1 Å². The van der Waals surface area contributed by atoms with Crippen LogP contribution in [-0.2, 0) is 4.79 Å². The van der Waals surface area contributed by atoms with Crippen LogP contribution in [0.4, 0.5) is 4.79 Å². The lowest BCUT2D eigenvalue weighted by Gasteiger charge is -2.44. The Kier molecular flexibility index (Phi) is 5.56. The number of hydrogen-bond acceptors (Lipinski definition) is 3. The third-order valence-corrected chi connectivity index (χ3v) is 6.22. The highest BCUT2D eigenvalue weighted by atomic mass is 16.3. The molecular formula is C19H33N3O3. The van der Waals surface area contributed by atoms with E-state index >= 15 is 0 Å². The van der Waals surface area contributed by atoms with E-state index in [1.165, 1.54) is 12.8 Å². The van der Waals surface area contributed by atoms with E-state index in [1.807, 2.05) is 9.80 Å². The number of aliphatic hydroxyl groups is 1. The molecule has 3 rings (SSSR count). The average molecular weight is 351 g/mol. The van der Waals surface area contributed by atoms with Gasteiger partial charge in [-0.2, -0.15) is 0 Å². The van der Waals surface area contributed by atoms with E-state index in [0.29, 0.717) is 13.1 Å². The van der Waals surface area contributed by atoms with Gasteiger partial charge in [-0.15, -0.1) is 0 Å². The molecule has 6 nitrogen and oxygen atoms in total. The number of urea groups is 1. The predicted octanol–water partition coefficient (Wildman–Crippen LogP) is 1.78. The molecule has 1 aliphatic carbocycles. The van der Waals surface area contributed by atoms with E-state index in [9.17, 15) is 14.7 Å². The molecule has 142 valence electrons. The van der Waals surface area contributed by atoms with Gasteiger partial charge in [0.05, 0.1) is 6.61 Å². The lowest BCUT2D eigenvalue weighted by atomic mass is 9.76. The molecule has 0 aromatic rings. The van der Waals surface area contributed by atoms with Crippen LogP contribution in [-0.4, -0.2) is 78.6 Å². The summed E-state index contributed by atoms with van der Waals surface area (Å²) >= 11 is 0. The fourth-order valence-corrected chi connectivity index (χ4v) is 4.55. The highest BCUT2D eigenvalue weighted by Crippen LogP contribution is 2.44. The van der Waals surface area contributed by atoms with Crippen LogP contribution < -0.4 is 0 Å². The molecule has 3 aliphatic rings. The minimum absolute atomic E-state index is 0.0293. The van der Waals surface area contributed by atoms with Crippen molar-refractivity contribution in [3.05, 3.63) is 0 Å². The second kappa shape index (κ2) is 7.52. The van der Waals surface area contributed by atoms with Gasteiger partial charge >= 0.3 is 6.03 Å². The Labute approximate surface area is 151 Å². The zero-order valence-corrected chi connectivity index (χ0v) is 15.7. The SMILES string of the molecule is CN(C)C(=O)N1CCC(C(=O)N2CCCC(CO)(CC3CC3)C2)CC1. The monoisotopic (exact) mass is 351 g/mol. The second-order valence-electron chi connectivity index (χ2n) is 8.61. The molecule has 1 unspecified atom stereocenters. The van der Waals surface area contributed by atoms with Gasteiger partial charge in [0.2, 0.25) is 5.91 Å². The molecule has 2 aliphatic heterocycles. The molecule has 0 bridgehead atoms. The van der Waals surface area contributed by atoms with E-state index in [0.717, 1.165) is 51.1 Å². The van der Waals surface area contributed by atoms with E-state index < -0.39 is 0 Å². The third-order valence-electron chi connectivity index (χ3n) is 6.22. The maximum absolute atomic E-state index is 13.0. The Bertz CT molecular complexity index is 498. The lowest BCUT2D eigenvalue weighted by molar-refractivity contribution is -0.141. The van der Waals surface area contributed by atoms with Crippen molar-refractivity contribution in [3.63, 3.8) is 0 Å². The Morgan fingerprint density at radius 1 is 1.08 bits per heavy atom. The van der Waals surface area contributed by atoms with Crippen LogP contribution in [0.1, 0.15) is 44.9 Å². The molecule has 3 amide bonds. The standard InChI is InChI=1S/C19H33N3O3/c1-20(2)18(25)21-10-6-16(7-11-21)17(24)22-9-3-8-19(13-22,14-23)12-15-4-5-15/h15-16,23H,3-14H2,1-2H3. The molecule has 3 fully saturated rings. The molecule has 2 saturated heterocycles. The number of rotatable bonds is 4. The highest BCUT2D eigenvalue weighted by Gasteiger charge is 2.42. The Morgan fingerprint density at radius 2 is 1.76 bits per heavy atom. The van der Waals surface area contributed by atoms with Crippen molar-refractivity contribution in [1.29, 1.82) is 0 Å². The van der Waals surface area contributed by atoms with Gasteiger partial charge in [0, 0.05) is 51.6 Å². The number of carbonyl (C=O) groups excluding carboxylic acids is 2. The Morgan fingerprint density at radius 3 is 2.32 bits per heavy atom. The van der Waals surface area contributed by atoms with E-state index in [4.69, 9.17) is 0 Å². The van der Waals surface area contributed by atoms with Crippen LogP contribution in [0.5, 0.6) is 0 Å². The normalized spacial score (nSPS) is 28.1. The molecule has 0 aromatic heterocycles. The number of piperidine rings is 2. The van der Waals surface area contributed by atoms with Crippen molar-refractivity contribution in [3.8, 4) is 0 Å². The third kappa shape index (κ3) is 4.27. The number of hydrogen-bond donors (Lipinski definition) is 1. The van der Waals surface area contributed by atoms with Gasteiger partial charge < -0.3 is 19.8 Å². The zero-order valence-electron chi connectivity index (χ0n) is 15.7. The van der Waals surface area contributed by atoms with Crippen LogP contribution in [0.2, 0.25) is 0 Å². The van der Waals surface area contributed by atoms with Gasteiger partial charge in [-0.3, -0.25) is 4.79 Å². The van der Waals surface area contributed by atoms with Gasteiger partial charge in [0.15, 0.2) is 0 Å². The molecule has 1 saturated carbocycles. The maximum atomic E-state index is 13.0. The smallest absolute Gasteiger partial charge is 0.319 e. The summed E-state index contributed by atoms with van der Waals surface area (Å²) in [6.07, 6.45) is 7.19. The zero-order chi connectivity index (χ0) is 18.0. The lowest BCUT2D eigenvalue weighted by Crippen LogP contribution is -2.52. The van der Waals surface area contributed by atoms with E-state index in [-0.39, 0.29) is 29.9 Å². The summed E-state index contributed by atoms with van der Waals surface area (Å²) in [5.41, 5.74) is -0.0728. The first-order valence-corrected chi connectivity index (χ1v) is 9.80. The number of amides is 3. The van der Waals surface area contributed by atoms with Crippen molar-refractivity contribution in [2.45, 2.75) is 44.9 Å². The van der Waals surface area contributed by atoms with Crippen LogP contribution in [0.3, 0.4) is 0 Å². The van der Waals surface area contributed by atoms with Gasteiger partial charge in [-0.05, 0) is 38.0 Å². The summed E-state index contributed by atoms with van der Waals surface area (Å²) in [6, 6.07) is 0.0348. The van der Waals surface area contributed by atoms with Gasteiger partial charge in [0.25, 0.3) is 0 Å². The largest absolute Gasteiger partial charge is 0.396 e. The van der Waals surface area contributed by atoms with Crippen LogP contribution in [0, 0.1) is 17.3 Å². The minimum Gasteiger partial charge on any atom is -0.396 e. The molecule has 0 radical (unpaired) electrons. The van der Waals surface area contributed by atoms with Gasteiger partial charge in [-0.1, -0.05) is 12.8 Å². The summed E-state index contributed by atoms with van der Waals surface area (Å²) in [5.74, 6) is 1.04. The van der Waals surface area contributed by atoms with Crippen molar-refractivity contribution in [2.75, 3.05) is 46.9 Å². The van der Waals surface area contributed by atoms with Crippen molar-refractivity contribution in [1.82, 2.24) is 14.7 Å².